The van der Waals surface area contributed by atoms with Crippen molar-refractivity contribution < 1.29 is 14.3 Å². The van der Waals surface area contributed by atoms with Gasteiger partial charge in [-0.25, -0.2) is 0 Å². The zero-order chi connectivity index (χ0) is 18.9. The number of rotatable bonds is 8. The molecule has 6 nitrogen and oxygen atoms in total. The molecule has 3 rings (SSSR count). The molecule has 1 saturated heterocycles. The molecule has 0 atom stereocenters. The number of hydrogen-bond acceptors (Lipinski definition) is 5. The second-order valence-electron chi connectivity index (χ2n) is 7.01. The molecule has 2 heterocycles. The maximum atomic E-state index is 12.0. The maximum absolute atomic E-state index is 12.0. The van der Waals surface area contributed by atoms with E-state index in [2.05, 4.69) is 22.0 Å². The van der Waals surface area contributed by atoms with E-state index in [1.165, 1.54) is 26.2 Å². The summed E-state index contributed by atoms with van der Waals surface area (Å²) in [5, 5.41) is 2.96. The van der Waals surface area contributed by atoms with Crippen molar-refractivity contribution in [3.63, 3.8) is 0 Å². The molecule has 1 aromatic rings. The van der Waals surface area contributed by atoms with Crippen LogP contribution in [-0.4, -0.2) is 74.7 Å². The molecule has 0 saturated carbocycles. The van der Waals surface area contributed by atoms with Gasteiger partial charge in [0.2, 0.25) is 5.91 Å². The highest BCUT2D eigenvalue weighted by Crippen LogP contribution is 2.31. The van der Waals surface area contributed by atoms with Gasteiger partial charge < -0.3 is 24.6 Å². The maximum Gasteiger partial charge on any atom is 0.243 e. The second-order valence-corrected chi connectivity index (χ2v) is 7.01. The van der Waals surface area contributed by atoms with Gasteiger partial charge in [-0.15, -0.1) is 0 Å². The van der Waals surface area contributed by atoms with Gasteiger partial charge in [0, 0.05) is 38.8 Å². The topological polar surface area (TPSA) is 54.0 Å². The van der Waals surface area contributed by atoms with Gasteiger partial charge in [-0.1, -0.05) is 13.0 Å². The van der Waals surface area contributed by atoms with E-state index >= 15 is 0 Å². The summed E-state index contributed by atoms with van der Waals surface area (Å²) >= 11 is 0. The van der Waals surface area contributed by atoms with Crippen molar-refractivity contribution in [2.45, 2.75) is 19.8 Å². The molecule has 2 aliphatic heterocycles. The third-order valence-corrected chi connectivity index (χ3v) is 5.11. The quantitative estimate of drug-likeness (QED) is 0.558. The standard InChI is InChI=1S/C21H31N3O3/c1-2-23-11-13-24(14-12-23)10-4-3-9-22-21(25)8-6-18-5-7-19-20(17-18)27-16-15-26-19/h5-8,17H,2-4,9-16H2,1H3,(H,22,25). The third-order valence-electron chi connectivity index (χ3n) is 5.11. The number of fused-ring (bicyclic) bond motifs is 1. The van der Waals surface area contributed by atoms with E-state index in [0.717, 1.165) is 49.5 Å². The van der Waals surface area contributed by atoms with Gasteiger partial charge in [0.1, 0.15) is 13.2 Å². The van der Waals surface area contributed by atoms with Crippen LogP contribution in [0.4, 0.5) is 0 Å². The SMILES string of the molecule is CCN1CCN(CCCCNC(=O)C=Cc2ccc3c(c2)OCCO3)CC1. The van der Waals surface area contributed by atoms with E-state index in [4.69, 9.17) is 9.47 Å². The predicted molar refractivity (Wildman–Crippen MR) is 107 cm³/mol. The summed E-state index contributed by atoms with van der Waals surface area (Å²) in [6, 6.07) is 5.71. The molecule has 0 spiro atoms. The number of amides is 1. The monoisotopic (exact) mass is 373 g/mol. The summed E-state index contributed by atoms with van der Waals surface area (Å²) < 4.78 is 11.1. The van der Waals surface area contributed by atoms with Crippen molar-refractivity contribution in [3.05, 3.63) is 29.8 Å². The number of unbranched alkanes of at least 4 members (excludes halogenated alkanes) is 1. The van der Waals surface area contributed by atoms with Crippen LogP contribution in [0.1, 0.15) is 25.3 Å². The number of benzene rings is 1. The molecule has 0 aromatic heterocycles. The summed E-state index contributed by atoms with van der Waals surface area (Å²) in [7, 11) is 0. The van der Waals surface area contributed by atoms with E-state index in [-0.39, 0.29) is 5.91 Å². The number of hydrogen-bond donors (Lipinski definition) is 1. The number of nitrogens with zero attached hydrogens (tertiary/aromatic N) is 2. The first-order chi connectivity index (χ1) is 13.2. The average molecular weight is 373 g/mol. The normalized spacial score (nSPS) is 18.0. The largest absolute Gasteiger partial charge is 0.486 e. The molecule has 1 N–H and O–H groups in total. The molecule has 1 aromatic carbocycles. The van der Waals surface area contributed by atoms with Crippen molar-refractivity contribution in [2.75, 3.05) is 59.0 Å². The fraction of sp³-hybridized carbons (Fsp3) is 0.571. The fourth-order valence-electron chi connectivity index (χ4n) is 3.40. The lowest BCUT2D eigenvalue weighted by molar-refractivity contribution is -0.116. The van der Waals surface area contributed by atoms with Crippen LogP contribution < -0.4 is 14.8 Å². The van der Waals surface area contributed by atoms with Gasteiger partial charge in [-0.2, -0.15) is 0 Å². The Morgan fingerprint density at radius 1 is 1.07 bits per heavy atom. The Morgan fingerprint density at radius 2 is 1.81 bits per heavy atom. The van der Waals surface area contributed by atoms with E-state index in [0.29, 0.717) is 13.2 Å². The minimum Gasteiger partial charge on any atom is -0.486 e. The van der Waals surface area contributed by atoms with Crippen LogP contribution >= 0.6 is 0 Å². The number of likely N-dealkylation sites (N-methyl/N-ethyl adjacent to an activating group) is 1. The molecule has 0 aliphatic carbocycles. The first-order valence-electron chi connectivity index (χ1n) is 10.0. The number of nitrogens with one attached hydrogen (secondary N) is 1. The van der Waals surface area contributed by atoms with E-state index in [1.54, 1.807) is 12.2 Å². The van der Waals surface area contributed by atoms with Crippen molar-refractivity contribution in [1.82, 2.24) is 15.1 Å². The zero-order valence-electron chi connectivity index (χ0n) is 16.3. The first-order valence-corrected chi connectivity index (χ1v) is 10.0. The first kappa shape index (κ1) is 19.7. The van der Waals surface area contributed by atoms with Gasteiger partial charge in [-0.3, -0.25) is 4.79 Å². The Hall–Kier alpha value is -2.05. The molecule has 2 aliphatic rings. The van der Waals surface area contributed by atoms with Crippen LogP contribution in [0.5, 0.6) is 11.5 Å². The van der Waals surface area contributed by atoms with Crippen LogP contribution in [0.2, 0.25) is 0 Å². The van der Waals surface area contributed by atoms with Crippen LogP contribution in [-0.2, 0) is 4.79 Å². The number of ether oxygens (including phenoxy) is 2. The summed E-state index contributed by atoms with van der Waals surface area (Å²) in [5.74, 6) is 1.45. The van der Waals surface area contributed by atoms with Gasteiger partial charge in [0.15, 0.2) is 11.5 Å². The lowest BCUT2D eigenvalue weighted by Gasteiger charge is -2.33. The molecule has 1 fully saturated rings. The van der Waals surface area contributed by atoms with E-state index < -0.39 is 0 Å². The van der Waals surface area contributed by atoms with E-state index in [9.17, 15) is 4.79 Å². The van der Waals surface area contributed by atoms with Crippen molar-refractivity contribution in [1.29, 1.82) is 0 Å². The zero-order valence-corrected chi connectivity index (χ0v) is 16.3. The fourth-order valence-corrected chi connectivity index (χ4v) is 3.40. The highest BCUT2D eigenvalue weighted by molar-refractivity contribution is 5.91. The average Bonchev–Trinajstić information content (AvgIpc) is 2.72. The highest BCUT2D eigenvalue weighted by atomic mass is 16.6. The Labute approximate surface area is 162 Å². The molecular weight excluding hydrogens is 342 g/mol. The number of carbonyl (C=O) groups excluding carboxylic acids is 1. The van der Waals surface area contributed by atoms with Crippen LogP contribution in [0.15, 0.2) is 24.3 Å². The second kappa shape index (κ2) is 10.3. The Bertz CT molecular complexity index is 640. The van der Waals surface area contributed by atoms with Gasteiger partial charge in [0.05, 0.1) is 0 Å². The number of carbonyl (C=O) groups is 1. The Kier molecular flexibility index (Phi) is 7.54. The van der Waals surface area contributed by atoms with Gasteiger partial charge in [0.25, 0.3) is 0 Å². The summed E-state index contributed by atoms with van der Waals surface area (Å²) in [5.41, 5.74) is 0.931. The Morgan fingerprint density at radius 3 is 2.59 bits per heavy atom. The molecule has 0 unspecified atom stereocenters. The minimum absolute atomic E-state index is 0.0542. The van der Waals surface area contributed by atoms with Gasteiger partial charge in [-0.05, 0) is 49.7 Å². The van der Waals surface area contributed by atoms with Crippen molar-refractivity contribution >= 4 is 12.0 Å². The summed E-state index contributed by atoms with van der Waals surface area (Å²) in [6.07, 6.45) is 5.52. The number of piperazine rings is 1. The predicted octanol–water partition coefficient (Wildman–Crippen LogP) is 2.00. The lowest BCUT2D eigenvalue weighted by Crippen LogP contribution is -2.46. The molecule has 1 amide bonds. The smallest absolute Gasteiger partial charge is 0.243 e. The minimum atomic E-state index is -0.0542. The lowest BCUT2D eigenvalue weighted by atomic mass is 10.2. The molecule has 0 radical (unpaired) electrons. The molecule has 6 heteroatoms. The Balaban J connectivity index is 1.30. The summed E-state index contributed by atoms with van der Waals surface area (Å²) in [4.78, 5) is 17.0. The molecule has 27 heavy (non-hydrogen) atoms. The van der Waals surface area contributed by atoms with E-state index in [1.807, 2.05) is 18.2 Å². The molecule has 148 valence electrons. The summed E-state index contributed by atoms with van der Waals surface area (Å²) in [6.45, 7) is 11.1. The van der Waals surface area contributed by atoms with Crippen LogP contribution in [0, 0.1) is 0 Å². The molecular formula is C21H31N3O3. The van der Waals surface area contributed by atoms with Gasteiger partial charge >= 0.3 is 0 Å². The highest BCUT2D eigenvalue weighted by Gasteiger charge is 2.14. The van der Waals surface area contributed by atoms with Crippen LogP contribution in [0.25, 0.3) is 6.08 Å². The van der Waals surface area contributed by atoms with Crippen molar-refractivity contribution in [3.8, 4) is 11.5 Å². The third kappa shape index (κ3) is 6.26. The van der Waals surface area contributed by atoms with Crippen LogP contribution in [0.3, 0.4) is 0 Å². The molecule has 0 bridgehead atoms. The van der Waals surface area contributed by atoms with Crippen molar-refractivity contribution in [2.24, 2.45) is 0 Å².